The first-order valence-electron chi connectivity index (χ1n) is 5.37. The standard InChI is InChI=1S/C11H13FN2O3S2/c1-18(15)7-3-6-14-19(16,17)11-5-2-4-10(12)9(11)8-13/h2,4-5,14H,3,6-7H2,1H3. The summed E-state index contributed by atoms with van der Waals surface area (Å²) in [5, 5.41) is 8.78. The number of nitriles is 1. The molecule has 1 aromatic carbocycles. The molecule has 0 saturated heterocycles. The van der Waals surface area contributed by atoms with Crippen molar-refractivity contribution in [3.63, 3.8) is 0 Å². The summed E-state index contributed by atoms with van der Waals surface area (Å²) in [5.41, 5.74) is -0.505. The average molecular weight is 304 g/mol. The number of rotatable bonds is 6. The quantitative estimate of drug-likeness (QED) is 0.785. The van der Waals surface area contributed by atoms with Crippen LogP contribution in [0, 0.1) is 17.1 Å². The molecular formula is C11H13FN2O3S2. The van der Waals surface area contributed by atoms with Gasteiger partial charge >= 0.3 is 0 Å². The smallest absolute Gasteiger partial charge is 0.241 e. The second-order valence-corrected chi connectivity index (χ2v) is 7.04. The molecule has 1 atom stereocenters. The normalized spacial score (nSPS) is 12.9. The van der Waals surface area contributed by atoms with Crippen molar-refractivity contribution < 1.29 is 17.0 Å². The van der Waals surface area contributed by atoms with Crippen LogP contribution < -0.4 is 4.72 Å². The van der Waals surface area contributed by atoms with Crippen LogP contribution in [0.1, 0.15) is 12.0 Å². The summed E-state index contributed by atoms with van der Waals surface area (Å²) in [4.78, 5) is -0.382. The molecule has 5 nitrogen and oxygen atoms in total. The molecule has 8 heteroatoms. The Bertz CT molecular complexity index is 623. The first-order valence-corrected chi connectivity index (χ1v) is 8.58. The van der Waals surface area contributed by atoms with Crippen molar-refractivity contribution in [3.05, 3.63) is 29.6 Å². The topological polar surface area (TPSA) is 87.0 Å². The van der Waals surface area contributed by atoms with E-state index in [0.717, 1.165) is 6.07 Å². The second kappa shape index (κ2) is 6.75. The van der Waals surface area contributed by atoms with E-state index in [2.05, 4.69) is 4.72 Å². The lowest BCUT2D eigenvalue weighted by Crippen LogP contribution is -2.26. The third kappa shape index (κ3) is 4.38. The van der Waals surface area contributed by atoms with Crippen LogP contribution in [0.3, 0.4) is 0 Å². The predicted molar refractivity (Wildman–Crippen MR) is 69.9 cm³/mol. The number of nitrogens with one attached hydrogen (secondary N) is 1. The molecule has 1 N–H and O–H groups in total. The van der Waals surface area contributed by atoms with Crippen LogP contribution in [-0.4, -0.2) is 31.2 Å². The molecule has 0 spiro atoms. The molecule has 0 saturated carbocycles. The zero-order valence-electron chi connectivity index (χ0n) is 10.2. The van der Waals surface area contributed by atoms with Gasteiger partial charge in [-0.1, -0.05) is 6.07 Å². The number of hydrogen-bond donors (Lipinski definition) is 1. The Labute approximate surface area is 113 Å². The van der Waals surface area contributed by atoms with Crippen molar-refractivity contribution in [2.45, 2.75) is 11.3 Å². The molecular weight excluding hydrogens is 291 g/mol. The van der Waals surface area contributed by atoms with Crippen molar-refractivity contribution in [3.8, 4) is 6.07 Å². The van der Waals surface area contributed by atoms with Gasteiger partial charge in [0.2, 0.25) is 10.0 Å². The number of nitrogens with zero attached hydrogens (tertiary/aromatic N) is 1. The molecule has 0 amide bonds. The molecule has 0 fully saturated rings. The predicted octanol–water partition coefficient (Wildman–Crippen LogP) is 0.744. The molecule has 0 bridgehead atoms. The number of halogens is 1. The number of hydrogen-bond acceptors (Lipinski definition) is 4. The second-order valence-electron chi connectivity index (χ2n) is 3.75. The maximum atomic E-state index is 13.3. The molecule has 0 aliphatic rings. The van der Waals surface area contributed by atoms with Crippen molar-refractivity contribution in [1.29, 1.82) is 5.26 Å². The van der Waals surface area contributed by atoms with Gasteiger partial charge in [0.1, 0.15) is 22.3 Å². The van der Waals surface area contributed by atoms with E-state index in [1.165, 1.54) is 24.5 Å². The Hall–Kier alpha value is -1.30. The first-order chi connectivity index (χ1) is 8.88. The SMILES string of the molecule is CS(=O)CCCNS(=O)(=O)c1cccc(F)c1C#N. The Kier molecular flexibility index (Phi) is 5.60. The summed E-state index contributed by atoms with van der Waals surface area (Å²) in [6, 6.07) is 4.96. The summed E-state index contributed by atoms with van der Waals surface area (Å²) < 4.78 is 50.2. The highest BCUT2D eigenvalue weighted by Gasteiger charge is 2.20. The van der Waals surface area contributed by atoms with Crippen molar-refractivity contribution >= 4 is 20.8 Å². The van der Waals surface area contributed by atoms with Gasteiger partial charge in [0.25, 0.3) is 0 Å². The fraction of sp³-hybridized carbons (Fsp3) is 0.364. The van der Waals surface area contributed by atoms with Crippen molar-refractivity contribution in [2.24, 2.45) is 0 Å². The molecule has 0 heterocycles. The van der Waals surface area contributed by atoms with E-state index >= 15 is 0 Å². The molecule has 0 aromatic heterocycles. The molecule has 1 unspecified atom stereocenters. The van der Waals surface area contributed by atoms with Crippen LogP contribution >= 0.6 is 0 Å². The molecule has 1 rings (SSSR count). The molecule has 0 aliphatic carbocycles. The van der Waals surface area contributed by atoms with Crippen LogP contribution in [0.15, 0.2) is 23.1 Å². The molecule has 0 aliphatic heterocycles. The average Bonchev–Trinajstić information content (AvgIpc) is 2.34. The van der Waals surface area contributed by atoms with Gasteiger partial charge < -0.3 is 0 Å². The zero-order valence-corrected chi connectivity index (χ0v) is 11.9. The highest BCUT2D eigenvalue weighted by atomic mass is 32.2. The summed E-state index contributed by atoms with van der Waals surface area (Å²) in [7, 11) is -4.93. The van der Waals surface area contributed by atoms with E-state index in [-0.39, 0.29) is 11.4 Å². The minimum Gasteiger partial charge on any atom is -0.260 e. The van der Waals surface area contributed by atoms with E-state index in [1.807, 2.05) is 0 Å². The molecule has 0 radical (unpaired) electrons. The third-order valence-electron chi connectivity index (χ3n) is 2.28. The Morgan fingerprint density at radius 2 is 2.16 bits per heavy atom. The first kappa shape index (κ1) is 15.8. The minimum absolute atomic E-state index is 0.0866. The fourth-order valence-corrected chi connectivity index (χ4v) is 3.19. The monoisotopic (exact) mass is 304 g/mol. The highest BCUT2D eigenvalue weighted by molar-refractivity contribution is 7.89. The Morgan fingerprint density at radius 3 is 2.74 bits per heavy atom. The van der Waals surface area contributed by atoms with Gasteiger partial charge in [0.05, 0.1) is 0 Å². The maximum Gasteiger partial charge on any atom is 0.241 e. The largest absolute Gasteiger partial charge is 0.260 e. The van der Waals surface area contributed by atoms with Gasteiger partial charge in [0.15, 0.2) is 0 Å². The van der Waals surface area contributed by atoms with Crippen LogP contribution in [0.25, 0.3) is 0 Å². The summed E-state index contributed by atoms with van der Waals surface area (Å²) in [5.74, 6) is -0.503. The van der Waals surface area contributed by atoms with Gasteiger partial charge in [-0.25, -0.2) is 17.5 Å². The lowest BCUT2D eigenvalue weighted by atomic mass is 10.2. The molecule has 19 heavy (non-hydrogen) atoms. The number of benzene rings is 1. The number of sulfonamides is 1. The van der Waals surface area contributed by atoms with Crippen molar-refractivity contribution in [2.75, 3.05) is 18.6 Å². The fourth-order valence-electron chi connectivity index (χ4n) is 1.40. The van der Waals surface area contributed by atoms with E-state index in [4.69, 9.17) is 5.26 Å². The lowest BCUT2D eigenvalue weighted by Gasteiger charge is -2.08. The van der Waals surface area contributed by atoms with Crippen LogP contribution in [-0.2, 0) is 20.8 Å². The Balaban J connectivity index is 2.87. The van der Waals surface area contributed by atoms with Gasteiger partial charge in [0, 0.05) is 29.4 Å². The Morgan fingerprint density at radius 1 is 1.47 bits per heavy atom. The lowest BCUT2D eigenvalue weighted by molar-refractivity contribution is 0.575. The summed E-state index contributed by atoms with van der Waals surface area (Å²) >= 11 is 0. The van der Waals surface area contributed by atoms with Crippen molar-refractivity contribution in [1.82, 2.24) is 4.72 Å². The van der Waals surface area contributed by atoms with Gasteiger partial charge in [-0.2, -0.15) is 5.26 Å². The highest BCUT2D eigenvalue weighted by Crippen LogP contribution is 2.17. The molecule has 104 valence electrons. The van der Waals surface area contributed by atoms with E-state index in [0.29, 0.717) is 12.2 Å². The van der Waals surface area contributed by atoms with Gasteiger partial charge in [-0.05, 0) is 18.6 Å². The zero-order chi connectivity index (χ0) is 14.5. The third-order valence-corrected chi connectivity index (χ3v) is 4.64. The summed E-state index contributed by atoms with van der Waals surface area (Å²) in [6.45, 7) is 0.0866. The van der Waals surface area contributed by atoms with Gasteiger partial charge in [-0.3, -0.25) is 4.21 Å². The van der Waals surface area contributed by atoms with Crippen LogP contribution in [0.5, 0.6) is 0 Å². The molecule has 1 aromatic rings. The minimum atomic E-state index is -3.93. The maximum absolute atomic E-state index is 13.3. The van der Waals surface area contributed by atoms with Crippen LogP contribution in [0.2, 0.25) is 0 Å². The van der Waals surface area contributed by atoms with E-state index < -0.39 is 32.2 Å². The summed E-state index contributed by atoms with van der Waals surface area (Å²) in [6.07, 6.45) is 1.93. The van der Waals surface area contributed by atoms with Gasteiger partial charge in [-0.15, -0.1) is 0 Å². The van der Waals surface area contributed by atoms with E-state index in [1.54, 1.807) is 0 Å². The van der Waals surface area contributed by atoms with Crippen LogP contribution in [0.4, 0.5) is 4.39 Å². The van der Waals surface area contributed by atoms with E-state index in [9.17, 15) is 17.0 Å².